The summed E-state index contributed by atoms with van der Waals surface area (Å²) < 4.78 is 5.87. The molecule has 3 heteroatoms. The molecule has 2 saturated heterocycles. The molecule has 3 nitrogen and oxygen atoms in total. The van der Waals surface area contributed by atoms with Crippen molar-refractivity contribution in [2.75, 3.05) is 19.7 Å². The van der Waals surface area contributed by atoms with Gasteiger partial charge in [0.25, 0.3) is 0 Å². The highest BCUT2D eigenvalue weighted by atomic mass is 16.5. The number of β-amino-alcohol motifs (C(OH)–C–C–N with tert-alkyl or cyclic N) is 1. The van der Waals surface area contributed by atoms with Crippen LogP contribution in [0.4, 0.5) is 0 Å². The Labute approximate surface area is 95.4 Å². The van der Waals surface area contributed by atoms with Gasteiger partial charge in [0.1, 0.15) is 5.60 Å². The molecule has 1 aromatic rings. The van der Waals surface area contributed by atoms with Crippen LogP contribution in [0.25, 0.3) is 0 Å². The Bertz CT molecular complexity index is 367. The van der Waals surface area contributed by atoms with E-state index in [9.17, 15) is 5.11 Å². The maximum Gasteiger partial charge on any atom is 0.108 e. The highest BCUT2D eigenvalue weighted by molar-refractivity contribution is 5.22. The summed E-state index contributed by atoms with van der Waals surface area (Å²) >= 11 is 0. The molecule has 2 N–H and O–H groups in total. The summed E-state index contributed by atoms with van der Waals surface area (Å²) in [7, 11) is 0. The third kappa shape index (κ3) is 1.56. The van der Waals surface area contributed by atoms with Crippen molar-refractivity contribution < 1.29 is 9.84 Å². The van der Waals surface area contributed by atoms with Crippen molar-refractivity contribution in [2.24, 2.45) is 0 Å². The lowest BCUT2D eigenvalue weighted by Gasteiger charge is -2.25. The molecule has 3 atom stereocenters. The second kappa shape index (κ2) is 3.84. The molecule has 1 aromatic carbocycles. The fraction of sp³-hybridized carbons (Fsp3) is 0.538. The van der Waals surface area contributed by atoms with Crippen LogP contribution in [0.15, 0.2) is 30.3 Å². The Morgan fingerprint density at radius 1 is 1.31 bits per heavy atom. The Morgan fingerprint density at radius 2 is 2.12 bits per heavy atom. The number of hydrogen-bond donors (Lipinski definition) is 2. The molecule has 2 heterocycles. The van der Waals surface area contributed by atoms with Gasteiger partial charge in [-0.25, -0.2) is 0 Å². The van der Waals surface area contributed by atoms with Crippen molar-refractivity contribution in [2.45, 2.75) is 24.0 Å². The van der Waals surface area contributed by atoms with Crippen LogP contribution in [0.3, 0.4) is 0 Å². The quantitative estimate of drug-likeness (QED) is 0.737. The molecule has 0 aromatic heterocycles. The summed E-state index contributed by atoms with van der Waals surface area (Å²) in [6.07, 6.45) is 0.562. The lowest BCUT2D eigenvalue weighted by atomic mass is 9.88. The van der Waals surface area contributed by atoms with E-state index < -0.39 is 0 Å². The molecule has 1 spiro atoms. The average molecular weight is 219 g/mol. The van der Waals surface area contributed by atoms with Gasteiger partial charge in [0.05, 0.1) is 12.7 Å². The van der Waals surface area contributed by atoms with Crippen molar-refractivity contribution in [1.82, 2.24) is 5.32 Å². The highest BCUT2D eigenvalue weighted by Gasteiger charge is 2.49. The molecule has 0 radical (unpaired) electrons. The molecule has 0 aliphatic carbocycles. The fourth-order valence-electron chi connectivity index (χ4n) is 2.82. The zero-order valence-electron chi connectivity index (χ0n) is 9.23. The number of benzene rings is 1. The van der Waals surface area contributed by atoms with Crippen LogP contribution in [0.2, 0.25) is 0 Å². The number of ether oxygens (including phenoxy) is 1. The minimum absolute atomic E-state index is 0.333. The number of aliphatic hydroxyl groups excluding tert-OH is 1. The summed E-state index contributed by atoms with van der Waals surface area (Å²) in [5.41, 5.74) is 0.985. The van der Waals surface area contributed by atoms with Gasteiger partial charge in [0.15, 0.2) is 0 Å². The molecule has 86 valence electrons. The molecule has 2 aliphatic rings. The lowest BCUT2D eigenvalue weighted by molar-refractivity contribution is -0.0581. The zero-order valence-corrected chi connectivity index (χ0v) is 9.23. The van der Waals surface area contributed by atoms with E-state index in [4.69, 9.17) is 4.74 Å². The highest BCUT2D eigenvalue weighted by Crippen LogP contribution is 2.39. The van der Waals surface area contributed by atoms with Gasteiger partial charge in [0.2, 0.25) is 0 Å². The first kappa shape index (κ1) is 10.3. The Balaban J connectivity index is 1.78. The van der Waals surface area contributed by atoms with E-state index in [0.29, 0.717) is 12.5 Å². The summed E-state index contributed by atoms with van der Waals surface area (Å²) in [5.74, 6) is 0.427. The Kier molecular flexibility index (Phi) is 2.46. The van der Waals surface area contributed by atoms with Gasteiger partial charge < -0.3 is 15.2 Å². The van der Waals surface area contributed by atoms with Crippen LogP contribution >= 0.6 is 0 Å². The minimum Gasteiger partial charge on any atom is -0.389 e. The maximum absolute atomic E-state index is 9.96. The van der Waals surface area contributed by atoms with E-state index in [0.717, 1.165) is 19.6 Å². The number of rotatable bonds is 1. The molecule has 0 amide bonds. The summed E-state index contributed by atoms with van der Waals surface area (Å²) in [6.45, 7) is 2.15. The molecule has 3 rings (SSSR count). The number of hydrogen-bond acceptors (Lipinski definition) is 3. The first-order valence-corrected chi connectivity index (χ1v) is 5.88. The van der Waals surface area contributed by atoms with Gasteiger partial charge in [0, 0.05) is 19.0 Å². The maximum atomic E-state index is 9.96. The van der Waals surface area contributed by atoms with E-state index in [1.165, 1.54) is 5.56 Å². The van der Waals surface area contributed by atoms with Crippen LogP contribution in [0.1, 0.15) is 17.9 Å². The van der Waals surface area contributed by atoms with Crippen molar-refractivity contribution in [3.05, 3.63) is 35.9 Å². The van der Waals surface area contributed by atoms with E-state index in [-0.39, 0.29) is 11.7 Å². The fourth-order valence-corrected chi connectivity index (χ4v) is 2.82. The Morgan fingerprint density at radius 3 is 2.81 bits per heavy atom. The summed E-state index contributed by atoms with van der Waals surface area (Å²) in [6, 6.07) is 10.4. The SMILES string of the molecule is O[C@@H]1CNC[C@]12C[C@H](c1ccccc1)CO2. The van der Waals surface area contributed by atoms with Gasteiger partial charge >= 0.3 is 0 Å². The second-order valence-electron chi connectivity index (χ2n) is 4.83. The van der Waals surface area contributed by atoms with Gasteiger partial charge in [-0.2, -0.15) is 0 Å². The second-order valence-corrected chi connectivity index (χ2v) is 4.83. The largest absolute Gasteiger partial charge is 0.389 e. The standard InChI is InChI=1S/C13H17NO2/c15-12-7-14-9-13(12)6-11(8-16-13)10-4-2-1-3-5-10/h1-5,11-12,14-15H,6-9H2/t11-,12+,13+/m0/s1. The normalized spacial score (nSPS) is 38.3. The predicted octanol–water partition coefficient (Wildman–Crippen LogP) is 0.893. The summed E-state index contributed by atoms with van der Waals surface area (Å²) in [5, 5.41) is 13.2. The summed E-state index contributed by atoms with van der Waals surface area (Å²) in [4.78, 5) is 0. The van der Waals surface area contributed by atoms with E-state index in [2.05, 4.69) is 29.6 Å². The van der Waals surface area contributed by atoms with Crippen molar-refractivity contribution in [3.63, 3.8) is 0 Å². The third-order valence-electron chi connectivity index (χ3n) is 3.80. The molecular weight excluding hydrogens is 202 g/mol. The van der Waals surface area contributed by atoms with Gasteiger partial charge in [-0.1, -0.05) is 30.3 Å². The van der Waals surface area contributed by atoms with Gasteiger partial charge in [-0.05, 0) is 12.0 Å². The predicted molar refractivity (Wildman–Crippen MR) is 61.4 cm³/mol. The monoisotopic (exact) mass is 219 g/mol. The van der Waals surface area contributed by atoms with Gasteiger partial charge in [-0.15, -0.1) is 0 Å². The first-order chi connectivity index (χ1) is 7.80. The zero-order chi connectivity index (χ0) is 11.0. The smallest absolute Gasteiger partial charge is 0.108 e. The number of nitrogens with one attached hydrogen (secondary N) is 1. The molecule has 2 fully saturated rings. The first-order valence-electron chi connectivity index (χ1n) is 5.88. The molecular formula is C13H17NO2. The molecule has 16 heavy (non-hydrogen) atoms. The molecule has 2 aliphatic heterocycles. The number of aliphatic hydroxyl groups is 1. The van der Waals surface area contributed by atoms with Crippen LogP contribution in [-0.2, 0) is 4.74 Å². The Hall–Kier alpha value is -0.900. The van der Waals surface area contributed by atoms with Crippen molar-refractivity contribution >= 4 is 0 Å². The van der Waals surface area contributed by atoms with E-state index >= 15 is 0 Å². The molecule has 0 bridgehead atoms. The van der Waals surface area contributed by atoms with Crippen molar-refractivity contribution in [1.29, 1.82) is 0 Å². The molecule has 0 saturated carbocycles. The van der Waals surface area contributed by atoms with E-state index in [1.807, 2.05) is 6.07 Å². The van der Waals surface area contributed by atoms with Crippen LogP contribution in [0, 0.1) is 0 Å². The average Bonchev–Trinajstić information content (AvgIpc) is 2.90. The minimum atomic E-state index is -0.360. The van der Waals surface area contributed by atoms with Crippen LogP contribution < -0.4 is 5.32 Å². The molecule has 0 unspecified atom stereocenters. The van der Waals surface area contributed by atoms with E-state index in [1.54, 1.807) is 0 Å². The van der Waals surface area contributed by atoms with Gasteiger partial charge in [-0.3, -0.25) is 0 Å². The third-order valence-corrected chi connectivity index (χ3v) is 3.80. The lowest BCUT2D eigenvalue weighted by Crippen LogP contribution is -2.40. The van der Waals surface area contributed by atoms with Crippen molar-refractivity contribution in [3.8, 4) is 0 Å². The topological polar surface area (TPSA) is 41.5 Å². The van der Waals surface area contributed by atoms with Crippen LogP contribution in [-0.4, -0.2) is 36.5 Å². The van der Waals surface area contributed by atoms with Crippen LogP contribution in [0.5, 0.6) is 0 Å².